The highest BCUT2D eigenvalue weighted by Crippen LogP contribution is 2.22. The van der Waals surface area contributed by atoms with E-state index in [1.807, 2.05) is 23.6 Å². The Morgan fingerprint density at radius 2 is 1.86 bits per heavy atom. The van der Waals surface area contributed by atoms with Gasteiger partial charge in [-0.2, -0.15) is 5.26 Å². The van der Waals surface area contributed by atoms with E-state index in [-0.39, 0.29) is 18.4 Å². The molecule has 8 heteroatoms. The summed E-state index contributed by atoms with van der Waals surface area (Å²) in [6.07, 6.45) is 1.01. The average molecular weight is 411 g/mol. The van der Waals surface area contributed by atoms with Crippen molar-refractivity contribution in [1.29, 1.82) is 5.26 Å². The Labute approximate surface area is 173 Å². The molecule has 0 unspecified atom stereocenters. The molecule has 0 saturated carbocycles. The molecular weight excluding hydrogens is 390 g/mol. The molecule has 2 aromatic rings. The van der Waals surface area contributed by atoms with Crippen molar-refractivity contribution in [3.05, 3.63) is 52.7 Å². The van der Waals surface area contributed by atoms with E-state index in [0.29, 0.717) is 36.5 Å². The van der Waals surface area contributed by atoms with Crippen molar-refractivity contribution in [3.63, 3.8) is 0 Å². The Hall–Kier alpha value is -3.18. The minimum absolute atomic E-state index is 0.0167. The van der Waals surface area contributed by atoms with Gasteiger partial charge in [-0.15, -0.1) is 11.3 Å². The third-order valence-electron chi connectivity index (χ3n) is 4.78. The minimum Gasteiger partial charge on any atom is -0.455 e. The summed E-state index contributed by atoms with van der Waals surface area (Å²) in [6, 6.07) is 14.4. The van der Waals surface area contributed by atoms with E-state index in [2.05, 4.69) is 0 Å². The summed E-state index contributed by atoms with van der Waals surface area (Å²) < 4.78 is 5.22. The number of rotatable bonds is 6. The second kappa shape index (κ2) is 9.85. The van der Waals surface area contributed by atoms with Gasteiger partial charge in [0.1, 0.15) is 6.54 Å². The topological polar surface area (TPSA) is 90.7 Å². The lowest BCUT2D eigenvalue weighted by Gasteiger charge is -2.30. The molecule has 1 saturated heterocycles. The number of thiophene rings is 1. The number of hydrogen-bond acceptors (Lipinski definition) is 6. The smallest absolute Gasteiger partial charge is 0.309 e. The first-order valence-corrected chi connectivity index (χ1v) is 10.2. The first-order valence-electron chi connectivity index (χ1n) is 9.32. The largest absolute Gasteiger partial charge is 0.455 e. The number of likely N-dealkylation sites (tertiary alicyclic amines) is 1. The van der Waals surface area contributed by atoms with Gasteiger partial charge in [0, 0.05) is 18.8 Å². The highest BCUT2D eigenvalue weighted by atomic mass is 32.1. The van der Waals surface area contributed by atoms with Crippen molar-refractivity contribution in [2.75, 3.05) is 31.1 Å². The number of anilines is 1. The maximum Gasteiger partial charge on any atom is 0.309 e. The fourth-order valence-corrected chi connectivity index (χ4v) is 3.90. The number of amides is 2. The van der Waals surface area contributed by atoms with Gasteiger partial charge in [0.15, 0.2) is 6.61 Å². The van der Waals surface area contributed by atoms with Crippen LogP contribution >= 0.6 is 11.3 Å². The van der Waals surface area contributed by atoms with Gasteiger partial charge in [-0.25, -0.2) is 0 Å². The SMILES string of the molecule is N#CCN(C(=O)COC(=O)C1CCN(C(=O)c2cccs2)CC1)c1ccccc1. The van der Waals surface area contributed by atoms with Gasteiger partial charge in [0.25, 0.3) is 11.8 Å². The number of benzene rings is 1. The van der Waals surface area contributed by atoms with Gasteiger partial charge in [-0.05, 0) is 36.4 Å². The van der Waals surface area contributed by atoms with Crippen LogP contribution < -0.4 is 4.90 Å². The Balaban J connectivity index is 1.49. The molecule has 0 atom stereocenters. The lowest BCUT2D eigenvalue weighted by Crippen LogP contribution is -2.41. The molecule has 1 aromatic carbocycles. The number of para-hydroxylation sites is 1. The highest BCUT2D eigenvalue weighted by Gasteiger charge is 2.30. The number of hydrogen-bond donors (Lipinski definition) is 0. The van der Waals surface area contributed by atoms with Crippen LogP contribution in [0, 0.1) is 17.2 Å². The average Bonchev–Trinajstić information content (AvgIpc) is 3.31. The Bertz CT molecular complexity index is 884. The fourth-order valence-electron chi connectivity index (χ4n) is 3.21. The summed E-state index contributed by atoms with van der Waals surface area (Å²) >= 11 is 1.40. The quantitative estimate of drug-likeness (QED) is 0.538. The number of nitrogens with zero attached hydrogens (tertiary/aromatic N) is 3. The molecule has 1 aliphatic heterocycles. The molecule has 1 fully saturated rings. The highest BCUT2D eigenvalue weighted by molar-refractivity contribution is 7.12. The molecule has 0 bridgehead atoms. The van der Waals surface area contributed by atoms with Gasteiger partial charge >= 0.3 is 5.97 Å². The first-order chi connectivity index (χ1) is 14.1. The summed E-state index contributed by atoms with van der Waals surface area (Å²) in [5.74, 6) is -1.24. The van der Waals surface area contributed by atoms with Crippen molar-refractivity contribution < 1.29 is 19.1 Å². The van der Waals surface area contributed by atoms with Gasteiger partial charge in [0.2, 0.25) is 0 Å². The molecule has 0 N–H and O–H groups in total. The van der Waals surface area contributed by atoms with Crippen molar-refractivity contribution in [2.45, 2.75) is 12.8 Å². The second-order valence-corrected chi connectivity index (χ2v) is 7.57. The van der Waals surface area contributed by atoms with E-state index < -0.39 is 18.5 Å². The summed E-state index contributed by atoms with van der Waals surface area (Å²) in [5, 5.41) is 10.8. The fraction of sp³-hybridized carbons (Fsp3) is 0.333. The van der Waals surface area contributed by atoms with E-state index in [1.54, 1.807) is 35.2 Å². The number of carbonyl (C=O) groups is 3. The van der Waals surface area contributed by atoms with Crippen LogP contribution in [-0.2, 0) is 14.3 Å². The van der Waals surface area contributed by atoms with E-state index in [4.69, 9.17) is 10.00 Å². The predicted molar refractivity (Wildman–Crippen MR) is 108 cm³/mol. The second-order valence-electron chi connectivity index (χ2n) is 6.63. The van der Waals surface area contributed by atoms with E-state index in [1.165, 1.54) is 16.2 Å². The normalized spacial score (nSPS) is 14.1. The Morgan fingerprint density at radius 1 is 1.14 bits per heavy atom. The first kappa shape index (κ1) is 20.6. The Morgan fingerprint density at radius 3 is 2.48 bits per heavy atom. The summed E-state index contributed by atoms with van der Waals surface area (Å²) in [6.45, 7) is 0.428. The molecule has 0 radical (unpaired) electrons. The zero-order valence-electron chi connectivity index (χ0n) is 15.8. The number of piperidine rings is 1. The summed E-state index contributed by atoms with van der Waals surface area (Å²) in [5.41, 5.74) is 0.579. The maximum absolute atomic E-state index is 12.4. The maximum atomic E-state index is 12.4. The molecule has 7 nitrogen and oxygen atoms in total. The lowest BCUT2D eigenvalue weighted by atomic mass is 9.97. The van der Waals surface area contributed by atoms with Crippen molar-refractivity contribution in [3.8, 4) is 6.07 Å². The number of nitriles is 1. The van der Waals surface area contributed by atoms with E-state index >= 15 is 0 Å². The van der Waals surface area contributed by atoms with Gasteiger partial charge in [-0.1, -0.05) is 24.3 Å². The van der Waals surface area contributed by atoms with Crippen LogP contribution in [0.4, 0.5) is 5.69 Å². The zero-order chi connectivity index (χ0) is 20.6. The van der Waals surface area contributed by atoms with Crippen molar-refractivity contribution in [2.24, 2.45) is 5.92 Å². The van der Waals surface area contributed by atoms with Crippen LogP contribution in [0.2, 0.25) is 0 Å². The third kappa shape index (κ3) is 5.21. The van der Waals surface area contributed by atoms with E-state index in [9.17, 15) is 14.4 Å². The number of esters is 1. The molecule has 0 aliphatic carbocycles. The molecule has 2 amide bonds. The van der Waals surface area contributed by atoms with Crippen LogP contribution in [0.25, 0.3) is 0 Å². The van der Waals surface area contributed by atoms with E-state index in [0.717, 1.165) is 0 Å². The zero-order valence-corrected chi connectivity index (χ0v) is 16.6. The summed E-state index contributed by atoms with van der Waals surface area (Å²) in [4.78, 5) is 40.9. The number of carbonyl (C=O) groups excluding carboxylic acids is 3. The van der Waals surface area contributed by atoms with Crippen LogP contribution in [0.1, 0.15) is 22.5 Å². The molecule has 29 heavy (non-hydrogen) atoms. The predicted octanol–water partition coefficient (Wildman–Crippen LogP) is 2.70. The van der Waals surface area contributed by atoms with Gasteiger partial charge in [-0.3, -0.25) is 19.3 Å². The molecular formula is C21H21N3O4S. The molecule has 3 rings (SSSR count). The Kier molecular flexibility index (Phi) is 6.98. The standard InChI is InChI=1S/C21H21N3O4S/c22-10-13-24(17-5-2-1-3-6-17)19(25)15-28-21(27)16-8-11-23(12-9-16)20(26)18-7-4-14-29-18/h1-7,14,16H,8-9,11-13,15H2. The number of ether oxygens (including phenoxy) is 1. The summed E-state index contributed by atoms with van der Waals surface area (Å²) in [7, 11) is 0. The van der Waals surface area contributed by atoms with Crippen LogP contribution in [0.3, 0.4) is 0 Å². The monoisotopic (exact) mass is 411 g/mol. The molecule has 0 spiro atoms. The lowest BCUT2D eigenvalue weighted by molar-refractivity contribution is -0.153. The molecule has 1 aromatic heterocycles. The van der Waals surface area contributed by atoms with Gasteiger partial charge in [0.05, 0.1) is 16.9 Å². The van der Waals surface area contributed by atoms with Crippen molar-refractivity contribution in [1.82, 2.24) is 4.90 Å². The molecule has 1 aliphatic rings. The van der Waals surface area contributed by atoms with Gasteiger partial charge < -0.3 is 9.64 Å². The molecule has 150 valence electrons. The van der Waals surface area contributed by atoms with Crippen LogP contribution in [-0.4, -0.2) is 48.9 Å². The van der Waals surface area contributed by atoms with Crippen molar-refractivity contribution >= 4 is 34.8 Å². The van der Waals surface area contributed by atoms with Crippen LogP contribution in [0.15, 0.2) is 47.8 Å². The minimum atomic E-state index is -0.448. The third-order valence-corrected chi connectivity index (χ3v) is 5.64. The van der Waals surface area contributed by atoms with Crippen LogP contribution in [0.5, 0.6) is 0 Å². The molecule has 2 heterocycles.